The summed E-state index contributed by atoms with van der Waals surface area (Å²) in [6.07, 6.45) is 20.9. The number of hydrogen-bond donors (Lipinski definition) is 2. The quantitative estimate of drug-likeness (QED) is 0.179. The molecule has 4 nitrogen and oxygen atoms in total. The highest BCUT2D eigenvalue weighted by Crippen LogP contribution is 2.17. The molecule has 1 amide bonds. The molecule has 0 aliphatic heterocycles. The van der Waals surface area contributed by atoms with Crippen molar-refractivity contribution in [3.8, 4) is 0 Å². The molecule has 0 radical (unpaired) electrons. The maximum Gasteiger partial charge on any atom is 0.220 e. The summed E-state index contributed by atoms with van der Waals surface area (Å²) in [7, 11) is 0. The molecule has 1 heterocycles. The van der Waals surface area contributed by atoms with Crippen LogP contribution in [0.1, 0.15) is 108 Å². The van der Waals surface area contributed by atoms with E-state index in [4.69, 9.17) is 0 Å². The lowest BCUT2D eigenvalue weighted by molar-refractivity contribution is -0.697. The molecular formula is C30H47N2O2+. The molecule has 0 unspecified atom stereocenters. The molecule has 0 spiro atoms. The highest BCUT2D eigenvalue weighted by molar-refractivity contribution is 5.76. The highest BCUT2D eigenvalue weighted by atomic mass is 16.3. The van der Waals surface area contributed by atoms with E-state index in [0.717, 1.165) is 24.9 Å². The minimum absolute atomic E-state index is 0.0429. The van der Waals surface area contributed by atoms with Gasteiger partial charge in [-0.15, -0.1) is 0 Å². The van der Waals surface area contributed by atoms with Crippen molar-refractivity contribution in [2.75, 3.05) is 0 Å². The van der Waals surface area contributed by atoms with Gasteiger partial charge in [0.05, 0.1) is 12.1 Å². The number of aliphatic hydroxyl groups excluding tert-OH is 1. The number of pyridine rings is 1. The topological polar surface area (TPSA) is 53.2 Å². The van der Waals surface area contributed by atoms with Gasteiger partial charge in [0.25, 0.3) is 0 Å². The van der Waals surface area contributed by atoms with E-state index in [1.807, 2.05) is 37.3 Å². The van der Waals surface area contributed by atoms with E-state index < -0.39 is 6.10 Å². The van der Waals surface area contributed by atoms with Gasteiger partial charge in [0, 0.05) is 25.0 Å². The van der Waals surface area contributed by atoms with Gasteiger partial charge >= 0.3 is 0 Å². The minimum atomic E-state index is -0.663. The number of aliphatic hydroxyl groups is 1. The van der Waals surface area contributed by atoms with E-state index in [9.17, 15) is 9.90 Å². The van der Waals surface area contributed by atoms with Gasteiger partial charge in [-0.25, -0.2) is 4.57 Å². The standard InChI is InChI=1S/C30H46N2O2/c1-27(30(34)28-21-15-13-16-22-28)31-29(33)23-17-11-9-7-5-3-2-4-6-8-10-12-18-24-32-25-19-14-20-26-32/h13-16,19-22,25-27,30,34H,2-12,17-18,23-24H2,1H3/p+1/t27-,30-/m1/s1. The average Bonchev–Trinajstić information content (AvgIpc) is 2.87. The van der Waals surface area contributed by atoms with Gasteiger partial charge in [-0.3, -0.25) is 4.79 Å². The SMILES string of the molecule is C[C@@H](NC(=O)CCCCCCCCCCCCCCC[n+]1ccccc1)[C@@H](O)c1ccccc1. The minimum Gasteiger partial charge on any atom is -0.386 e. The number of carbonyl (C=O) groups is 1. The van der Waals surface area contributed by atoms with Crippen LogP contribution in [0, 0.1) is 0 Å². The fourth-order valence-electron chi connectivity index (χ4n) is 4.45. The number of aryl methyl sites for hydroxylation is 1. The molecule has 0 bridgehead atoms. The third-order valence-corrected chi connectivity index (χ3v) is 6.60. The summed E-state index contributed by atoms with van der Waals surface area (Å²) in [5.41, 5.74) is 0.841. The number of amides is 1. The number of carbonyl (C=O) groups excluding carboxylic acids is 1. The van der Waals surface area contributed by atoms with Crippen molar-refractivity contribution in [3.63, 3.8) is 0 Å². The first-order valence-electron chi connectivity index (χ1n) is 13.6. The molecule has 34 heavy (non-hydrogen) atoms. The third kappa shape index (κ3) is 12.9. The van der Waals surface area contributed by atoms with Crippen LogP contribution in [0.3, 0.4) is 0 Å². The molecule has 2 aromatic rings. The Balaban J connectivity index is 1.32. The summed E-state index contributed by atoms with van der Waals surface area (Å²) in [5, 5.41) is 13.3. The monoisotopic (exact) mass is 467 g/mol. The van der Waals surface area contributed by atoms with E-state index in [-0.39, 0.29) is 11.9 Å². The zero-order chi connectivity index (χ0) is 24.3. The molecular weight excluding hydrogens is 420 g/mol. The zero-order valence-corrected chi connectivity index (χ0v) is 21.3. The number of nitrogens with one attached hydrogen (secondary N) is 1. The molecule has 1 aromatic carbocycles. The second-order valence-corrected chi connectivity index (χ2v) is 9.67. The summed E-state index contributed by atoms with van der Waals surface area (Å²) in [6, 6.07) is 15.5. The smallest absolute Gasteiger partial charge is 0.220 e. The molecule has 4 heteroatoms. The fourth-order valence-corrected chi connectivity index (χ4v) is 4.45. The number of aromatic nitrogens is 1. The molecule has 2 rings (SSSR count). The van der Waals surface area contributed by atoms with Crippen LogP contribution in [0.2, 0.25) is 0 Å². The average molecular weight is 468 g/mol. The molecule has 0 saturated carbocycles. The Hall–Kier alpha value is -2.20. The third-order valence-electron chi connectivity index (χ3n) is 6.60. The first-order chi connectivity index (χ1) is 16.7. The fraction of sp³-hybridized carbons (Fsp3) is 0.600. The predicted octanol–water partition coefficient (Wildman–Crippen LogP) is 6.67. The van der Waals surface area contributed by atoms with Crippen LogP contribution in [0.4, 0.5) is 0 Å². The summed E-state index contributed by atoms with van der Waals surface area (Å²) >= 11 is 0. The maximum absolute atomic E-state index is 12.1. The molecule has 2 atom stereocenters. The number of benzene rings is 1. The molecule has 1 aromatic heterocycles. The first-order valence-corrected chi connectivity index (χ1v) is 13.6. The Morgan fingerprint density at radius 2 is 1.21 bits per heavy atom. The molecule has 0 aliphatic carbocycles. The number of rotatable bonds is 19. The van der Waals surface area contributed by atoms with E-state index in [1.54, 1.807) is 0 Å². The second kappa shape index (κ2) is 18.2. The van der Waals surface area contributed by atoms with Gasteiger partial charge in [0.15, 0.2) is 12.4 Å². The maximum atomic E-state index is 12.1. The zero-order valence-electron chi connectivity index (χ0n) is 21.3. The van der Waals surface area contributed by atoms with Crippen LogP contribution in [0.5, 0.6) is 0 Å². The van der Waals surface area contributed by atoms with Crippen molar-refractivity contribution in [1.82, 2.24) is 5.32 Å². The van der Waals surface area contributed by atoms with E-state index in [1.165, 1.54) is 70.6 Å². The number of nitrogens with zero attached hydrogens (tertiary/aromatic N) is 1. The lowest BCUT2D eigenvalue weighted by atomic mass is 10.0. The second-order valence-electron chi connectivity index (χ2n) is 9.67. The summed E-state index contributed by atoms with van der Waals surface area (Å²) in [5.74, 6) is 0.0429. The number of unbranched alkanes of at least 4 members (excludes halogenated alkanes) is 12. The van der Waals surface area contributed by atoms with Crippen molar-refractivity contribution < 1.29 is 14.5 Å². The molecule has 0 saturated heterocycles. The molecule has 188 valence electrons. The molecule has 0 fully saturated rings. The van der Waals surface area contributed by atoms with Crippen LogP contribution in [0.15, 0.2) is 60.9 Å². The lowest BCUT2D eigenvalue weighted by Gasteiger charge is -2.20. The van der Waals surface area contributed by atoms with Crippen molar-refractivity contribution in [1.29, 1.82) is 0 Å². The summed E-state index contributed by atoms with van der Waals surface area (Å²) < 4.78 is 2.27. The largest absolute Gasteiger partial charge is 0.386 e. The van der Waals surface area contributed by atoms with Crippen molar-refractivity contribution in [2.45, 2.75) is 116 Å². The van der Waals surface area contributed by atoms with Crippen LogP contribution in [0.25, 0.3) is 0 Å². The van der Waals surface area contributed by atoms with Gasteiger partial charge in [0.2, 0.25) is 5.91 Å². The van der Waals surface area contributed by atoms with E-state index >= 15 is 0 Å². The predicted molar refractivity (Wildman–Crippen MR) is 140 cm³/mol. The Morgan fingerprint density at radius 1 is 0.735 bits per heavy atom. The van der Waals surface area contributed by atoms with Crippen LogP contribution >= 0.6 is 0 Å². The number of hydrogen-bond acceptors (Lipinski definition) is 2. The van der Waals surface area contributed by atoms with Crippen molar-refractivity contribution in [3.05, 3.63) is 66.5 Å². The Morgan fingerprint density at radius 3 is 1.76 bits per heavy atom. The van der Waals surface area contributed by atoms with Gasteiger partial charge in [0.1, 0.15) is 6.54 Å². The van der Waals surface area contributed by atoms with Crippen LogP contribution < -0.4 is 9.88 Å². The summed E-state index contributed by atoms with van der Waals surface area (Å²) in [4.78, 5) is 12.1. The van der Waals surface area contributed by atoms with Crippen molar-refractivity contribution in [2.24, 2.45) is 0 Å². The van der Waals surface area contributed by atoms with Gasteiger partial charge in [-0.2, -0.15) is 0 Å². The van der Waals surface area contributed by atoms with E-state index in [2.05, 4.69) is 40.5 Å². The van der Waals surface area contributed by atoms with E-state index in [0.29, 0.717) is 6.42 Å². The van der Waals surface area contributed by atoms with Gasteiger partial charge in [-0.1, -0.05) is 101 Å². The van der Waals surface area contributed by atoms with Gasteiger partial charge in [-0.05, 0) is 25.3 Å². The Kier molecular flexibility index (Phi) is 15.0. The lowest BCUT2D eigenvalue weighted by Crippen LogP contribution is -2.36. The van der Waals surface area contributed by atoms with Gasteiger partial charge < -0.3 is 10.4 Å². The Labute approximate surface area is 207 Å². The van der Waals surface area contributed by atoms with Crippen LogP contribution in [-0.2, 0) is 11.3 Å². The van der Waals surface area contributed by atoms with Crippen molar-refractivity contribution >= 4 is 5.91 Å². The molecule has 2 N–H and O–H groups in total. The van der Waals surface area contributed by atoms with Crippen LogP contribution in [-0.4, -0.2) is 17.1 Å². The Bertz CT molecular complexity index is 751. The first kappa shape index (κ1) is 28.0. The summed E-state index contributed by atoms with van der Waals surface area (Å²) in [6.45, 7) is 3.00. The molecule has 0 aliphatic rings. The highest BCUT2D eigenvalue weighted by Gasteiger charge is 2.17. The normalized spacial score (nSPS) is 12.9.